The summed E-state index contributed by atoms with van der Waals surface area (Å²) in [6.45, 7) is 4.40. The molecule has 0 aliphatic heterocycles. The average molecular weight is 347 g/mol. The zero-order chi connectivity index (χ0) is 18.6. The number of rotatable bonds is 10. The Morgan fingerprint density at radius 3 is 1.58 bits per heavy atom. The molecule has 2 aromatic carbocycles. The number of unbranched alkanes of at least 4 members (excludes halogenated alkanes) is 2. The Balaban J connectivity index is 2.05. The highest BCUT2D eigenvalue weighted by atomic mass is 16.1. The summed E-state index contributed by atoms with van der Waals surface area (Å²) in [5.41, 5.74) is 4.91. The van der Waals surface area contributed by atoms with Crippen LogP contribution < -0.4 is 0 Å². The highest BCUT2D eigenvalue weighted by Crippen LogP contribution is 2.15. The van der Waals surface area contributed by atoms with Crippen LogP contribution in [0.4, 0.5) is 0 Å². The first-order valence-corrected chi connectivity index (χ1v) is 9.80. The molecule has 1 nitrogen and oxygen atoms in total. The number of ketones is 1. The Kier molecular flexibility index (Phi) is 8.62. The van der Waals surface area contributed by atoms with Gasteiger partial charge in [0, 0.05) is 0 Å². The zero-order valence-electron chi connectivity index (χ0n) is 16.1. The van der Waals surface area contributed by atoms with Gasteiger partial charge in [0.05, 0.1) is 0 Å². The van der Waals surface area contributed by atoms with Crippen LogP contribution in [-0.4, -0.2) is 5.78 Å². The highest BCUT2D eigenvalue weighted by molar-refractivity contribution is 6.04. The predicted molar refractivity (Wildman–Crippen MR) is 113 cm³/mol. The van der Waals surface area contributed by atoms with Crippen LogP contribution in [0.2, 0.25) is 0 Å². The fraction of sp³-hybridized carbons (Fsp3) is 0.320. The minimum absolute atomic E-state index is 0.0283. The lowest BCUT2D eigenvalue weighted by Crippen LogP contribution is -1.92. The Bertz CT molecular complexity index is 689. The van der Waals surface area contributed by atoms with E-state index in [1.165, 1.54) is 36.8 Å². The number of carbonyl (C=O) groups excluding carboxylic acids is 1. The normalized spacial score (nSPS) is 11.5. The van der Waals surface area contributed by atoms with Crippen molar-refractivity contribution in [2.24, 2.45) is 0 Å². The molecule has 136 valence electrons. The summed E-state index contributed by atoms with van der Waals surface area (Å²) in [6.07, 6.45) is 14.1. The van der Waals surface area contributed by atoms with Crippen molar-refractivity contribution in [1.29, 1.82) is 0 Å². The monoisotopic (exact) mass is 346 g/mol. The second-order valence-corrected chi connectivity index (χ2v) is 6.67. The molecule has 0 N–H and O–H groups in total. The van der Waals surface area contributed by atoms with Crippen LogP contribution in [0.15, 0.2) is 60.7 Å². The minimum Gasteiger partial charge on any atom is -0.290 e. The Morgan fingerprint density at radius 2 is 1.15 bits per heavy atom. The van der Waals surface area contributed by atoms with Gasteiger partial charge in [0.15, 0.2) is 5.78 Å². The van der Waals surface area contributed by atoms with Gasteiger partial charge >= 0.3 is 0 Å². The van der Waals surface area contributed by atoms with Crippen molar-refractivity contribution in [1.82, 2.24) is 0 Å². The molecule has 0 saturated heterocycles. The Hall–Kier alpha value is -2.41. The van der Waals surface area contributed by atoms with Crippen LogP contribution in [0.25, 0.3) is 12.2 Å². The van der Waals surface area contributed by atoms with Gasteiger partial charge < -0.3 is 0 Å². The first kappa shape index (κ1) is 19.9. The highest BCUT2D eigenvalue weighted by Gasteiger charge is 2.00. The molecule has 0 atom stereocenters. The largest absolute Gasteiger partial charge is 0.290 e. The third-order valence-electron chi connectivity index (χ3n) is 4.56. The van der Waals surface area contributed by atoms with E-state index in [4.69, 9.17) is 0 Å². The summed E-state index contributed by atoms with van der Waals surface area (Å²) >= 11 is 0. The number of allylic oxidation sites excluding steroid dienone is 2. The summed E-state index contributed by atoms with van der Waals surface area (Å²) in [5.74, 6) is 0.0283. The standard InChI is InChI=1S/C25H30O/c1-3-5-11-21-13-7-9-15-23(21)17-19-25(26)20-18-24-16-10-8-14-22(24)12-6-4-2/h7-10,13-20H,3-6,11-12H2,1-2H3. The lowest BCUT2D eigenvalue weighted by Gasteiger charge is -2.05. The molecule has 1 heteroatoms. The van der Waals surface area contributed by atoms with Crippen LogP contribution in [0.3, 0.4) is 0 Å². The fourth-order valence-corrected chi connectivity index (χ4v) is 2.98. The molecular weight excluding hydrogens is 316 g/mol. The molecule has 0 heterocycles. The lowest BCUT2D eigenvalue weighted by molar-refractivity contribution is -0.110. The molecule has 0 radical (unpaired) electrons. The molecule has 0 unspecified atom stereocenters. The van der Waals surface area contributed by atoms with Gasteiger partial charge in [0.2, 0.25) is 0 Å². The van der Waals surface area contributed by atoms with Gasteiger partial charge in [-0.3, -0.25) is 4.79 Å². The van der Waals surface area contributed by atoms with Crippen molar-refractivity contribution >= 4 is 17.9 Å². The SMILES string of the molecule is CCCCc1ccccc1C=CC(=O)C=Cc1ccccc1CCCC. The molecule has 0 spiro atoms. The fourth-order valence-electron chi connectivity index (χ4n) is 2.98. The molecule has 0 bridgehead atoms. The number of aryl methyl sites for hydroxylation is 2. The molecule has 26 heavy (non-hydrogen) atoms. The topological polar surface area (TPSA) is 17.1 Å². The first-order valence-electron chi connectivity index (χ1n) is 9.80. The quantitative estimate of drug-likeness (QED) is 0.439. The molecule has 0 amide bonds. The molecule has 2 aromatic rings. The maximum atomic E-state index is 12.3. The van der Waals surface area contributed by atoms with Crippen molar-refractivity contribution in [3.05, 3.63) is 82.9 Å². The van der Waals surface area contributed by atoms with E-state index < -0.39 is 0 Å². The van der Waals surface area contributed by atoms with Crippen LogP contribution in [0.1, 0.15) is 61.8 Å². The van der Waals surface area contributed by atoms with Crippen molar-refractivity contribution in [2.45, 2.75) is 52.4 Å². The van der Waals surface area contributed by atoms with E-state index in [2.05, 4.69) is 50.2 Å². The summed E-state index contributed by atoms with van der Waals surface area (Å²) in [5, 5.41) is 0. The number of carbonyl (C=O) groups is 1. The van der Waals surface area contributed by atoms with Crippen molar-refractivity contribution in [3.8, 4) is 0 Å². The minimum atomic E-state index is 0.0283. The van der Waals surface area contributed by atoms with Gasteiger partial charge in [-0.25, -0.2) is 0 Å². The van der Waals surface area contributed by atoms with Crippen molar-refractivity contribution < 1.29 is 4.79 Å². The number of hydrogen-bond acceptors (Lipinski definition) is 1. The Labute approximate surface area is 158 Å². The summed E-state index contributed by atoms with van der Waals surface area (Å²) < 4.78 is 0. The smallest absolute Gasteiger partial charge is 0.178 e. The van der Waals surface area contributed by atoms with E-state index in [-0.39, 0.29) is 5.78 Å². The first-order chi connectivity index (χ1) is 12.7. The second kappa shape index (κ2) is 11.3. The van der Waals surface area contributed by atoms with Crippen molar-refractivity contribution in [3.63, 3.8) is 0 Å². The van der Waals surface area contributed by atoms with Crippen LogP contribution in [0, 0.1) is 0 Å². The van der Waals surface area contributed by atoms with Crippen LogP contribution in [0.5, 0.6) is 0 Å². The van der Waals surface area contributed by atoms with Crippen LogP contribution >= 0.6 is 0 Å². The van der Waals surface area contributed by atoms with Gasteiger partial charge in [-0.2, -0.15) is 0 Å². The summed E-state index contributed by atoms with van der Waals surface area (Å²) in [6, 6.07) is 16.7. The zero-order valence-corrected chi connectivity index (χ0v) is 16.1. The van der Waals surface area contributed by atoms with E-state index in [9.17, 15) is 4.79 Å². The maximum absolute atomic E-state index is 12.3. The van der Waals surface area contributed by atoms with Gasteiger partial charge in [-0.05, 0) is 60.1 Å². The average Bonchev–Trinajstić information content (AvgIpc) is 2.68. The maximum Gasteiger partial charge on any atom is 0.178 e. The van der Waals surface area contributed by atoms with Gasteiger partial charge in [0.25, 0.3) is 0 Å². The molecule has 2 rings (SSSR count). The van der Waals surface area contributed by atoms with Crippen molar-refractivity contribution in [2.75, 3.05) is 0 Å². The van der Waals surface area contributed by atoms with E-state index >= 15 is 0 Å². The molecule has 0 aromatic heterocycles. The molecule has 0 aliphatic rings. The summed E-state index contributed by atoms with van der Waals surface area (Å²) in [7, 11) is 0. The van der Waals surface area contributed by atoms with E-state index in [1.807, 2.05) is 24.3 Å². The van der Waals surface area contributed by atoms with Gasteiger partial charge in [0.1, 0.15) is 0 Å². The molecule has 0 fully saturated rings. The third kappa shape index (κ3) is 6.48. The van der Waals surface area contributed by atoms with Crippen LogP contribution in [-0.2, 0) is 17.6 Å². The predicted octanol–water partition coefficient (Wildman–Crippen LogP) is 6.67. The third-order valence-corrected chi connectivity index (χ3v) is 4.56. The lowest BCUT2D eigenvalue weighted by atomic mass is 10.0. The van der Waals surface area contributed by atoms with Gasteiger partial charge in [-0.15, -0.1) is 0 Å². The molecule has 0 saturated carbocycles. The van der Waals surface area contributed by atoms with E-state index in [0.717, 1.165) is 24.0 Å². The summed E-state index contributed by atoms with van der Waals surface area (Å²) in [4.78, 5) is 12.3. The molecule has 0 aliphatic carbocycles. The number of benzene rings is 2. The molecular formula is C25H30O. The second-order valence-electron chi connectivity index (χ2n) is 6.67. The van der Waals surface area contributed by atoms with E-state index in [1.54, 1.807) is 12.2 Å². The number of hydrogen-bond donors (Lipinski definition) is 0. The Morgan fingerprint density at radius 1 is 0.731 bits per heavy atom. The van der Waals surface area contributed by atoms with Gasteiger partial charge in [-0.1, -0.05) is 87.4 Å². The van der Waals surface area contributed by atoms with E-state index in [0.29, 0.717) is 0 Å².